The predicted molar refractivity (Wildman–Crippen MR) is 74.7 cm³/mol. The molecule has 2 heterocycles. The fourth-order valence-electron chi connectivity index (χ4n) is 2.14. The number of carbonyl (C=O) groups is 2. The fourth-order valence-corrected chi connectivity index (χ4v) is 2.28. The highest BCUT2D eigenvalue weighted by Crippen LogP contribution is 2.12. The summed E-state index contributed by atoms with van der Waals surface area (Å²) >= 11 is 5.61. The summed E-state index contributed by atoms with van der Waals surface area (Å²) in [4.78, 5) is 27.0. The normalized spacial score (nSPS) is 16.2. The van der Waals surface area contributed by atoms with E-state index in [1.807, 2.05) is 4.90 Å². The topological polar surface area (TPSA) is 65.8 Å². The number of amides is 2. The van der Waals surface area contributed by atoms with Crippen molar-refractivity contribution in [2.24, 2.45) is 0 Å². The first-order valence-electron chi connectivity index (χ1n) is 6.57. The Morgan fingerprint density at radius 2 is 2.00 bits per heavy atom. The Hall–Kier alpha value is -1.53. The zero-order chi connectivity index (χ0) is 14.5. The van der Waals surface area contributed by atoms with Gasteiger partial charge in [0.2, 0.25) is 5.91 Å². The van der Waals surface area contributed by atoms with E-state index >= 15 is 0 Å². The number of nitrogens with one attached hydrogen (secondary N) is 1. The zero-order valence-corrected chi connectivity index (χ0v) is 12.2. The van der Waals surface area contributed by atoms with E-state index in [4.69, 9.17) is 16.0 Å². The lowest BCUT2D eigenvalue weighted by Crippen LogP contribution is -2.49. The molecule has 0 spiro atoms. The molecular formula is C13H18ClN3O3. The minimum atomic E-state index is -0.265. The fraction of sp³-hybridized carbons (Fsp3) is 0.538. The SMILES string of the molecule is CC(=O)N1CCN(CCNC(=O)c2ccc(Cl)o2)CC1. The summed E-state index contributed by atoms with van der Waals surface area (Å²) in [6, 6.07) is 3.08. The van der Waals surface area contributed by atoms with Crippen molar-refractivity contribution in [3.05, 3.63) is 23.1 Å². The van der Waals surface area contributed by atoms with Gasteiger partial charge in [-0.05, 0) is 23.7 Å². The molecule has 1 aromatic heterocycles. The average Bonchev–Trinajstić information content (AvgIpc) is 2.86. The van der Waals surface area contributed by atoms with Crippen molar-refractivity contribution in [3.63, 3.8) is 0 Å². The monoisotopic (exact) mass is 299 g/mol. The Labute approximate surface area is 122 Å². The second-order valence-electron chi connectivity index (χ2n) is 4.71. The molecule has 0 atom stereocenters. The number of piperazine rings is 1. The lowest BCUT2D eigenvalue weighted by molar-refractivity contribution is -0.130. The summed E-state index contributed by atoms with van der Waals surface area (Å²) in [5.41, 5.74) is 0. The van der Waals surface area contributed by atoms with Gasteiger partial charge in [-0.2, -0.15) is 0 Å². The Morgan fingerprint density at radius 1 is 1.30 bits per heavy atom. The first-order chi connectivity index (χ1) is 9.56. The molecule has 1 N–H and O–H groups in total. The van der Waals surface area contributed by atoms with Crippen LogP contribution in [0, 0.1) is 0 Å². The molecular weight excluding hydrogens is 282 g/mol. The summed E-state index contributed by atoms with van der Waals surface area (Å²) in [5.74, 6) is 0.0725. The van der Waals surface area contributed by atoms with E-state index in [0.717, 1.165) is 32.7 Å². The third kappa shape index (κ3) is 3.98. The molecule has 1 aromatic rings. The van der Waals surface area contributed by atoms with Crippen LogP contribution in [0.5, 0.6) is 0 Å². The number of hydrogen-bond donors (Lipinski definition) is 1. The molecule has 2 rings (SSSR count). The number of hydrogen-bond acceptors (Lipinski definition) is 4. The van der Waals surface area contributed by atoms with Crippen LogP contribution in [0.1, 0.15) is 17.5 Å². The van der Waals surface area contributed by atoms with Crippen LogP contribution >= 0.6 is 11.6 Å². The summed E-state index contributed by atoms with van der Waals surface area (Å²) in [7, 11) is 0. The van der Waals surface area contributed by atoms with E-state index in [0.29, 0.717) is 6.54 Å². The Kier molecular flexibility index (Phi) is 5.03. The van der Waals surface area contributed by atoms with Crippen molar-refractivity contribution < 1.29 is 14.0 Å². The highest BCUT2D eigenvalue weighted by molar-refractivity contribution is 6.29. The number of rotatable bonds is 4. The molecule has 2 amide bonds. The summed E-state index contributed by atoms with van der Waals surface area (Å²) in [6.07, 6.45) is 0. The van der Waals surface area contributed by atoms with E-state index < -0.39 is 0 Å². The van der Waals surface area contributed by atoms with Crippen molar-refractivity contribution >= 4 is 23.4 Å². The molecule has 0 aromatic carbocycles. The van der Waals surface area contributed by atoms with Crippen molar-refractivity contribution in [1.29, 1.82) is 0 Å². The Bertz CT molecular complexity index is 481. The molecule has 0 unspecified atom stereocenters. The summed E-state index contributed by atoms with van der Waals surface area (Å²) in [5, 5.41) is 2.98. The largest absolute Gasteiger partial charge is 0.440 e. The Balaban J connectivity index is 1.67. The molecule has 110 valence electrons. The van der Waals surface area contributed by atoms with Gasteiger partial charge in [-0.15, -0.1) is 0 Å². The van der Waals surface area contributed by atoms with Crippen molar-refractivity contribution in [3.8, 4) is 0 Å². The molecule has 0 bridgehead atoms. The van der Waals surface area contributed by atoms with Gasteiger partial charge in [0, 0.05) is 46.2 Å². The minimum absolute atomic E-state index is 0.118. The van der Waals surface area contributed by atoms with E-state index in [-0.39, 0.29) is 22.8 Å². The van der Waals surface area contributed by atoms with Crippen molar-refractivity contribution in [2.45, 2.75) is 6.92 Å². The van der Waals surface area contributed by atoms with E-state index in [9.17, 15) is 9.59 Å². The average molecular weight is 300 g/mol. The number of halogens is 1. The first kappa shape index (κ1) is 14.9. The molecule has 0 radical (unpaired) electrons. The maximum absolute atomic E-state index is 11.7. The van der Waals surface area contributed by atoms with Gasteiger partial charge >= 0.3 is 0 Å². The first-order valence-corrected chi connectivity index (χ1v) is 6.95. The van der Waals surface area contributed by atoms with Gasteiger partial charge in [0.25, 0.3) is 5.91 Å². The highest BCUT2D eigenvalue weighted by Gasteiger charge is 2.18. The maximum atomic E-state index is 11.7. The van der Waals surface area contributed by atoms with Crippen LogP contribution in [0.3, 0.4) is 0 Å². The summed E-state index contributed by atoms with van der Waals surface area (Å²) < 4.78 is 5.02. The Morgan fingerprint density at radius 3 is 2.55 bits per heavy atom. The van der Waals surface area contributed by atoms with Crippen LogP contribution in [-0.2, 0) is 4.79 Å². The van der Waals surface area contributed by atoms with Crippen LogP contribution in [0.25, 0.3) is 0 Å². The molecule has 1 fully saturated rings. The van der Waals surface area contributed by atoms with Gasteiger partial charge in [-0.25, -0.2) is 0 Å². The lowest BCUT2D eigenvalue weighted by Gasteiger charge is -2.34. The maximum Gasteiger partial charge on any atom is 0.287 e. The number of nitrogens with zero attached hydrogens (tertiary/aromatic N) is 2. The van der Waals surface area contributed by atoms with Gasteiger partial charge in [0.1, 0.15) is 0 Å². The van der Waals surface area contributed by atoms with Gasteiger partial charge in [-0.1, -0.05) is 0 Å². The quantitative estimate of drug-likeness (QED) is 0.894. The zero-order valence-electron chi connectivity index (χ0n) is 11.4. The summed E-state index contributed by atoms with van der Waals surface area (Å²) in [6.45, 7) is 6.05. The van der Waals surface area contributed by atoms with E-state index in [1.54, 1.807) is 13.0 Å². The molecule has 1 aliphatic rings. The second-order valence-corrected chi connectivity index (χ2v) is 5.08. The van der Waals surface area contributed by atoms with Gasteiger partial charge < -0.3 is 14.6 Å². The number of carbonyl (C=O) groups excluding carboxylic acids is 2. The van der Waals surface area contributed by atoms with Crippen LogP contribution in [0.4, 0.5) is 0 Å². The molecule has 0 aliphatic carbocycles. The van der Waals surface area contributed by atoms with Crippen molar-refractivity contribution in [2.75, 3.05) is 39.3 Å². The van der Waals surface area contributed by atoms with E-state index in [2.05, 4.69) is 10.2 Å². The van der Waals surface area contributed by atoms with Crippen molar-refractivity contribution in [1.82, 2.24) is 15.1 Å². The molecule has 6 nitrogen and oxygen atoms in total. The predicted octanol–water partition coefficient (Wildman–Crippen LogP) is 0.827. The van der Waals surface area contributed by atoms with E-state index in [1.165, 1.54) is 6.07 Å². The lowest BCUT2D eigenvalue weighted by atomic mass is 10.3. The minimum Gasteiger partial charge on any atom is -0.440 e. The molecule has 7 heteroatoms. The van der Waals surface area contributed by atoms with Gasteiger partial charge in [0.15, 0.2) is 11.0 Å². The third-order valence-electron chi connectivity index (χ3n) is 3.33. The van der Waals surface area contributed by atoms with Crippen LogP contribution in [0.15, 0.2) is 16.5 Å². The van der Waals surface area contributed by atoms with Crippen LogP contribution in [-0.4, -0.2) is 60.9 Å². The second kappa shape index (κ2) is 6.76. The molecule has 1 saturated heterocycles. The third-order valence-corrected chi connectivity index (χ3v) is 3.53. The smallest absolute Gasteiger partial charge is 0.287 e. The highest BCUT2D eigenvalue weighted by atomic mass is 35.5. The molecule has 20 heavy (non-hydrogen) atoms. The van der Waals surface area contributed by atoms with Crippen LogP contribution in [0.2, 0.25) is 5.22 Å². The standard InChI is InChI=1S/C13H18ClN3O3/c1-10(18)17-8-6-16(7-9-17)5-4-15-13(19)11-2-3-12(14)20-11/h2-3H,4-9H2,1H3,(H,15,19). The molecule has 0 saturated carbocycles. The van der Waals surface area contributed by atoms with Crippen LogP contribution < -0.4 is 5.32 Å². The number of furan rings is 1. The van der Waals surface area contributed by atoms with Gasteiger partial charge in [0.05, 0.1) is 0 Å². The molecule has 1 aliphatic heterocycles. The van der Waals surface area contributed by atoms with Gasteiger partial charge in [-0.3, -0.25) is 14.5 Å².